The third-order valence-corrected chi connectivity index (χ3v) is 4.32. The van der Waals surface area contributed by atoms with Gasteiger partial charge in [0.15, 0.2) is 0 Å². The number of amides is 2. The van der Waals surface area contributed by atoms with E-state index in [0.29, 0.717) is 19.0 Å². The number of pyridine rings is 1. The minimum Gasteiger partial charge on any atom is -0.445 e. The molecule has 1 aliphatic rings. The summed E-state index contributed by atoms with van der Waals surface area (Å²) >= 11 is 0. The number of nitrogens with one attached hydrogen (secondary N) is 2. The second kappa shape index (κ2) is 9.70. The first-order valence-corrected chi connectivity index (χ1v) is 9.18. The van der Waals surface area contributed by atoms with Gasteiger partial charge in [0, 0.05) is 13.1 Å². The van der Waals surface area contributed by atoms with E-state index in [9.17, 15) is 9.59 Å². The van der Waals surface area contributed by atoms with E-state index in [2.05, 4.69) is 20.5 Å². The average Bonchev–Trinajstić information content (AvgIpc) is 2.74. The van der Waals surface area contributed by atoms with Crippen molar-refractivity contribution in [3.63, 3.8) is 0 Å². The zero-order valence-corrected chi connectivity index (χ0v) is 15.8. The lowest BCUT2D eigenvalue weighted by Gasteiger charge is -2.28. The highest BCUT2D eigenvalue weighted by Crippen LogP contribution is 2.16. The van der Waals surface area contributed by atoms with E-state index >= 15 is 0 Å². The fourth-order valence-electron chi connectivity index (χ4n) is 2.71. The van der Waals surface area contributed by atoms with Gasteiger partial charge in [-0.3, -0.25) is 4.79 Å². The van der Waals surface area contributed by atoms with Gasteiger partial charge in [0.1, 0.15) is 18.5 Å². The molecule has 1 atom stereocenters. The van der Waals surface area contributed by atoms with Crippen LogP contribution in [0, 0.1) is 0 Å². The summed E-state index contributed by atoms with van der Waals surface area (Å²) in [5, 5.41) is 5.20. The van der Waals surface area contributed by atoms with Crippen LogP contribution in [0.15, 0.2) is 48.7 Å². The van der Waals surface area contributed by atoms with Crippen LogP contribution in [0.4, 0.5) is 16.3 Å². The summed E-state index contributed by atoms with van der Waals surface area (Å²) < 4.78 is 10.5. The van der Waals surface area contributed by atoms with Crippen LogP contribution >= 0.6 is 0 Å². The largest absolute Gasteiger partial charge is 0.445 e. The minimum atomic E-state index is -0.760. The normalized spacial score (nSPS) is 14.8. The molecule has 0 aliphatic carbocycles. The van der Waals surface area contributed by atoms with Crippen LogP contribution in [0.2, 0.25) is 0 Å². The molecule has 0 radical (unpaired) electrons. The predicted octanol–water partition coefficient (Wildman–Crippen LogP) is 2.17. The summed E-state index contributed by atoms with van der Waals surface area (Å²) in [6, 6.07) is 12.2. The first-order chi connectivity index (χ1) is 13.6. The Morgan fingerprint density at radius 3 is 2.61 bits per heavy atom. The summed E-state index contributed by atoms with van der Waals surface area (Å²) in [5.74, 6) is 0.0524. The molecular weight excluding hydrogens is 360 g/mol. The van der Waals surface area contributed by atoms with Gasteiger partial charge in [0.05, 0.1) is 25.1 Å². The molecule has 0 unspecified atom stereocenters. The number of hydrogen-bond donors (Lipinski definition) is 2. The van der Waals surface area contributed by atoms with Crippen molar-refractivity contribution in [3.8, 4) is 0 Å². The Bertz CT molecular complexity index is 777. The molecule has 3 rings (SSSR count). The Balaban J connectivity index is 1.44. The maximum Gasteiger partial charge on any atom is 0.408 e. The van der Waals surface area contributed by atoms with Crippen LogP contribution in [0.3, 0.4) is 0 Å². The van der Waals surface area contributed by atoms with E-state index in [-0.39, 0.29) is 12.5 Å². The van der Waals surface area contributed by atoms with E-state index in [4.69, 9.17) is 9.47 Å². The number of benzene rings is 1. The van der Waals surface area contributed by atoms with Gasteiger partial charge in [-0.05, 0) is 24.6 Å². The number of alkyl carbamates (subject to hydrolysis) is 1. The van der Waals surface area contributed by atoms with E-state index < -0.39 is 12.1 Å². The van der Waals surface area contributed by atoms with Gasteiger partial charge in [-0.1, -0.05) is 30.3 Å². The highest BCUT2D eigenvalue weighted by atomic mass is 16.5. The van der Waals surface area contributed by atoms with Gasteiger partial charge in [-0.25, -0.2) is 9.78 Å². The molecule has 0 spiro atoms. The summed E-state index contributed by atoms with van der Waals surface area (Å²) in [6.07, 6.45) is 1.06. The molecule has 2 amide bonds. The van der Waals surface area contributed by atoms with Crippen molar-refractivity contribution in [2.45, 2.75) is 19.6 Å². The molecule has 1 aliphatic heterocycles. The highest BCUT2D eigenvalue weighted by molar-refractivity contribution is 5.95. The van der Waals surface area contributed by atoms with Crippen molar-refractivity contribution < 1.29 is 19.1 Å². The van der Waals surface area contributed by atoms with Crippen LogP contribution in [0.25, 0.3) is 0 Å². The van der Waals surface area contributed by atoms with Crippen molar-refractivity contribution in [1.29, 1.82) is 0 Å². The molecule has 28 heavy (non-hydrogen) atoms. The Labute approximate surface area is 163 Å². The maximum atomic E-state index is 12.3. The lowest BCUT2D eigenvalue weighted by molar-refractivity contribution is -0.117. The van der Waals surface area contributed by atoms with Crippen LogP contribution < -0.4 is 15.5 Å². The predicted molar refractivity (Wildman–Crippen MR) is 105 cm³/mol. The van der Waals surface area contributed by atoms with Crippen LogP contribution in [-0.2, 0) is 20.9 Å². The molecule has 1 saturated heterocycles. The van der Waals surface area contributed by atoms with E-state index in [0.717, 1.165) is 24.3 Å². The lowest BCUT2D eigenvalue weighted by Crippen LogP contribution is -2.42. The topological polar surface area (TPSA) is 92.8 Å². The fourth-order valence-corrected chi connectivity index (χ4v) is 2.71. The standard InChI is InChI=1S/C20H24N4O4/c1-15(22-20(26)28-14-16-5-3-2-4-6-16)19(25)23-18-8-7-17(13-21-18)24-9-11-27-12-10-24/h2-8,13,15H,9-12,14H2,1H3,(H,22,26)(H,21,23,25)/t15-/m0/s1. The zero-order valence-electron chi connectivity index (χ0n) is 15.8. The SMILES string of the molecule is C[C@H](NC(=O)OCc1ccccc1)C(=O)Nc1ccc(N2CCOCC2)cn1. The second-order valence-corrected chi connectivity index (χ2v) is 6.42. The van der Waals surface area contributed by atoms with Crippen molar-refractivity contribution in [3.05, 3.63) is 54.2 Å². The van der Waals surface area contributed by atoms with E-state index in [1.54, 1.807) is 19.2 Å². The Hall–Kier alpha value is -3.13. The van der Waals surface area contributed by atoms with Gasteiger partial charge >= 0.3 is 6.09 Å². The average molecular weight is 384 g/mol. The van der Waals surface area contributed by atoms with Crippen LogP contribution in [0.1, 0.15) is 12.5 Å². The van der Waals surface area contributed by atoms with Gasteiger partial charge < -0.3 is 25.0 Å². The van der Waals surface area contributed by atoms with Crippen molar-refractivity contribution in [1.82, 2.24) is 10.3 Å². The summed E-state index contributed by atoms with van der Waals surface area (Å²) in [7, 11) is 0. The van der Waals surface area contributed by atoms with Crippen molar-refractivity contribution in [2.24, 2.45) is 0 Å². The van der Waals surface area contributed by atoms with Crippen molar-refractivity contribution in [2.75, 3.05) is 36.5 Å². The zero-order chi connectivity index (χ0) is 19.8. The number of morpholine rings is 1. The number of aromatic nitrogens is 1. The molecule has 148 valence electrons. The maximum absolute atomic E-state index is 12.3. The first kappa shape index (κ1) is 19.6. The second-order valence-electron chi connectivity index (χ2n) is 6.42. The molecule has 1 aromatic heterocycles. The molecule has 1 aromatic carbocycles. The Kier molecular flexibility index (Phi) is 6.80. The Morgan fingerprint density at radius 1 is 1.18 bits per heavy atom. The molecule has 0 bridgehead atoms. The van der Waals surface area contributed by atoms with Gasteiger partial charge in [-0.2, -0.15) is 0 Å². The molecule has 2 N–H and O–H groups in total. The summed E-state index contributed by atoms with van der Waals surface area (Å²) in [4.78, 5) is 30.6. The third-order valence-electron chi connectivity index (χ3n) is 4.32. The molecule has 2 heterocycles. The number of anilines is 2. The summed E-state index contributed by atoms with van der Waals surface area (Å²) in [5.41, 5.74) is 1.86. The summed E-state index contributed by atoms with van der Waals surface area (Å²) in [6.45, 7) is 4.76. The third kappa shape index (κ3) is 5.68. The fraction of sp³-hybridized carbons (Fsp3) is 0.350. The van der Waals surface area contributed by atoms with E-state index in [1.807, 2.05) is 36.4 Å². The number of carbonyl (C=O) groups is 2. The number of ether oxygens (including phenoxy) is 2. The number of nitrogens with zero attached hydrogens (tertiary/aromatic N) is 2. The molecular formula is C20H24N4O4. The van der Waals surface area contributed by atoms with Gasteiger partial charge in [-0.15, -0.1) is 0 Å². The van der Waals surface area contributed by atoms with Crippen LogP contribution in [-0.4, -0.2) is 49.3 Å². The molecule has 2 aromatic rings. The van der Waals surface area contributed by atoms with Gasteiger partial charge in [0.2, 0.25) is 5.91 Å². The quantitative estimate of drug-likeness (QED) is 0.793. The molecule has 8 nitrogen and oxygen atoms in total. The number of hydrogen-bond acceptors (Lipinski definition) is 6. The van der Waals surface area contributed by atoms with Gasteiger partial charge in [0.25, 0.3) is 0 Å². The number of carbonyl (C=O) groups excluding carboxylic acids is 2. The number of rotatable bonds is 6. The molecule has 1 fully saturated rings. The highest BCUT2D eigenvalue weighted by Gasteiger charge is 2.17. The first-order valence-electron chi connectivity index (χ1n) is 9.18. The molecule has 0 saturated carbocycles. The molecule has 8 heteroatoms. The lowest BCUT2D eigenvalue weighted by atomic mass is 10.2. The van der Waals surface area contributed by atoms with E-state index in [1.165, 1.54) is 0 Å². The van der Waals surface area contributed by atoms with Crippen LogP contribution in [0.5, 0.6) is 0 Å². The smallest absolute Gasteiger partial charge is 0.408 e. The Morgan fingerprint density at radius 2 is 1.93 bits per heavy atom. The monoisotopic (exact) mass is 384 g/mol. The minimum absolute atomic E-state index is 0.144. The van der Waals surface area contributed by atoms with Crippen molar-refractivity contribution >= 4 is 23.5 Å².